The molecular formula is C11H9FN6O2S. The van der Waals surface area contributed by atoms with Gasteiger partial charge >= 0.3 is 10.0 Å². The summed E-state index contributed by atoms with van der Waals surface area (Å²) in [5.41, 5.74) is 0.582. The molecule has 21 heavy (non-hydrogen) atoms. The molecule has 3 aromatic rings. The van der Waals surface area contributed by atoms with Gasteiger partial charge in [-0.2, -0.15) is 13.5 Å². The Hall–Kier alpha value is -2.62. The standard InChI is InChI=1S/C11H9FN6O2S/c1-17-6-8(4-15-17)11-14-7-18(16-11)21(19,20)10-3-2-9(12)5-13-10/h2-7H,1H3. The topological polar surface area (TPSA) is 95.6 Å². The molecule has 0 saturated heterocycles. The van der Waals surface area contributed by atoms with Gasteiger partial charge in [-0.3, -0.25) is 4.68 Å². The molecule has 0 amide bonds. The van der Waals surface area contributed by atoms with Crippen molar-refractivity contribution >= 4 is 10.0 Å². The maximum Gasteiger partial charge on any atom is 0.301 e. The first kappa shape index (κ1) is 13.4. The van der Waals surface area contributed by atoms with Crippen LogP contribution in [-0.2, 0) is 17.1 Å². The van der Waals surface area contributed by atoms with E-state index < -0.39 is 15.8 Å². The van der Waals surface area contributed by atoms with Crippen LogP contribution in [0.1, 0.15) is 0 Å². The van der Waals surface area contributed by atoms with Crippen LogP contribution in [0, 0.1) is 5.82 Å². The van der Waals surface area contributed by atoms with E-state index >= 15 is 0 Å². The third-order valence-corrected chi connectivity index (χ3v) is 4.08. The first-order valence-electron chi connectivity index (χ1n) is 5.74. The molecule has 0 aromatic carbocycles. The van der Waals surface area contributed by atoms with Crippen molar-refractivity contribution in [3.05, 3.63) is 42.9 Å². The van der Waals surface area contributed by atoms with E-state index in [1.54, 1.807) is 17.9 Å². The molecule has 0 aliphatic rings. The lowest BCUT2D eigenvalue weighted by Crippen LogP contribution is -2.15. The molecular weight excluding hydrogens is 299 g/mol. The maximum atomic E-state index is 12.8. The number of aromatic nitrogens is 6. The summed E-state index contributed by atoms with van der Waals surface area (Å²) < 4.78 is 39.5. The second-order valence-corrected chi connectivity index (χ2v) is 5.91. The minimum Gasteiger partial charge on any atom is -0.275 e. The van der Waals surface area contributed by atoms with Gasteiger partial charge in [-0.15, -0.1) is 9.19 Å². The zero-order chi connectivity index (χ0) is 15.0. The minimum absolute atomic E-state index is 0.216. The van der Waals surface area contributed by atoms with Gasteiger partial charge in [-0.25, -0.2) is 14.4 Å². The molecule has 0 unspecified atom stereocenters. The fourth-order valence-electron chi connectivity index (χ4n) is 1.64. The van der Waals surface area contributed by atoms with Gasteiger partial charge in [0.2, 0.25) is 0 Å². The van der Waals surface area contributed by atoms with Crippen LogP contribution in [0.2, 0.25) is 0 Å². The van der Waals surface area contributed by atoms with Crippen molar-refractivity contribution in [1.29, 1.82) is 0 Å². The molecule has 0 aliphatic heterocycles. The number of aryl methyl sites for hydroxylation is 1. The monoisotopic (exact) mass is 308 g/mol. The largest absolute Gasteiger partial charge is 0.301 e. The molecule has 0 bridgehead atoms. The number of halogens is 1. The van der Waals surface area contributed by atoms with E-state index in [-0.39, 0.29) is 10.9 Å². The Kier molecular flexibility index (Phi) is 3.01. The van der Waals surface area contributed by atoms with Crippen LogP contribution in [0.25, 0.3) is 11.4 Å². The lowest BCUT2D eigenvalue weighted by Gasteiger charge is -2.01. The highest BCUT2D eigenvalue weighted by molar-refractivity contribution is 7.89. The summed E-state index contributed by atoms with van der Waals surface area (Å²) in [7, 11) is -2.28. The van der Waals surface area contributed by atoms with Crippen molar-refractivity contribution in [1.82, 2.24) is 28.9 Å². The van der Waals surface area contributed by atoms with Gasteiger partial charge < -0.3 is 0 Å². The Balaban J connectivity index is 2.00. The van der Waals surface area contributed by atoms with Crippen LogP contribution in [0.15, 0.2) is 42.1 Å². The van der Waals surface area contributed by atoms with Crippen molar-refractivity contribution in [3.8, 4) is 11.4 Å². The van der Waals surface area contributed by atoms with E-state index in [9.17, 15) is 12.8 Å². The molecule has 3 rings (SSSR count). The van der Waals surface area contributed by atoms with Gasteiger partial charge in [0.05, 0.1) is 18.0 Å². The van der Waals surface area contributed by atoms with Crippen molar-refractivity contribution in [3.63, 3.8) is 0 Å². The summed E-state index contributed by atoms with van der Waals surface area (Å²) >= 11 is 0. The Labute approximate surface area is 118 Å². The molecule has 108 valence electrons. The van der Waals surface area contributed by atoms with Crippen LogP contribution in [0.5, 0.6) is 0 Å². The number of rotatable bonds is 3. The predicted molar refractivity (Wildman–Crippen MR) is 69.0 cm³/mol. The first-order chi connectivity index (χ1) is 9.96. The molecule has 0 radical (unpaired) electrons. The van der Waals surface area contributed by atoms with E-state index in [0.717, 1.165) is 24.7 Å². The fraction of sp³-hybridized carbons (Fsp3) is 0.0909. The number of hydrogen-bond donors (Lipinski definition) is 0. The highest BCUT2D eigenvalue weighted by Gasteiger charge is 2.21. The summed E-state index contributed by atoms with van der Waals surface area (Å²) in [4.78, 5) is 7.47. The Morgan fingerprint density at radius 3 is 2.62 bits per heavy atom. The SMILES string of the molecule is Cn1cc(-c2ncn(S(=O)(=O)c3ccc(F)cn3)n2)cn1. The second-order valence-electron chi connectivity index (χ2n) is 4.16. The van der Waals surface area contributed by atoms with Crippen molar-refractivity contribution in [2.45, 2.75) is 5.03 Å². The quantitative estimate of drug-likeness (QED) is 0.697. The van der Waals surface area contributed by atoms with Crippen LogP contribution in [0.4, 0.5) is 4.39 Å². The smallest absolute Gasteiger partial charge is 0.275 e. The Morgan fingerprint density at radius 2 is 2.00 bits per heavy atom. The lowest BCUT2D eigenvalue weighted by molar-refractivity contribution is 0.573. The number of nitrogens with zero attached hydrogens (tertiary/aromatic N) is 6. The molecule has 3 heterocycles. The van der Waals surface area contributed by atoms with Crippen LogP contribution >= 0.6 is 0 Å². The predicted octanol–water partition coefficient (Wildman–Crippen LogP) is 0.450. The molecule has 8 nitrogen and oxygen atoms in total. The Morgan fingerprint density at radius 1 is 1.19 bits per heavy atom. The van der Waals surface area contributed by atoms with Crippen LogP contribution in [0.3, 0.4) is 0 Å². The van der Waals surface area contributed by atoms with Gasteiger partial charge in [0, 0.05) is 13.2 Å². The summed E-state index contributed by atoms with van der Waals surface area (Å²) in [6.07, 6.45) is 5.05. The first-order valence-corrected chi connectivity index (χ1v) is 7.18. The molecule has 0 fully saturated rings. The van der Waals surface area contributed by atoms with Gasteiger partial charge in [0.25, 0.3) is 0 Å². The summed E-state index contributed by atoms with van der Waals surface area (Å²) in [6, 6.07) is 2.08. The average Bonchev–Trinajstić information content (AvgIpc) is 3.08. The van der Waals surface area contributed by atoms with Gasteiger partial charge in [-0.1, -0.05) is 0 Å². The number of pyridine rings is 1. The molecule has 0 aliphatic carbocycles. The van der Waals surface area contributed by atoms with Gasteiger partial charge in [0.1, 0.15) is 12.1 Å². The van der Waals surface area contributed by atoms with Gasteiger partial charge in [0.15, 0.2) is 10.9 Å². The van der Waals surface area contributed by atoms with E-state index in [1.807, 2.05) is 0 Å². The summed E-state index contributed by atoms with van der Waals surface area (Å²) in [5, 5.41) is 7.54. The summed E-state index contributed by atoms with van der Waals surface area (Å²) in [5.74, 6) is -0.405. The lowest BCUT2D eigenvalue weighted by atomic mass is 10.3. The van der Waals surface area contributed by atoms with Crippen LogP contribution < -0.4 is 0 Å². The third kappa shape index (κ3) is 2.40. The highest BCUT2D eigenvalue weighted by atomic mass is 32.2. The van der Waals surface area contributed by atoms with Crippen molar-refractivity contribution in [2.75, 3.05) is 0 Å². The highest BCUT2D eigenvalue weighted by Crippen LogP contribution is 2.15. The second kappa shape index (κ2) is 4.74. The van der Waals surface area contributed by atoms with Crippen molar-refractivity contribution < 1.29 is 12.8 Å². The zero-order valence-electron chi connectivity index (χ0n) is 10.8. The molecule has 0 saturated carbocycles. The zero-order valence-corrected chi connectivity index (χ0v) is 11.6. The van der Waals surface area contributed by atoms with Crippen molar-refractivity contribution in [2.24, 2.45) is 7.05 Å². The molecule has 0 N–H and O–H groups in total. The molecule has 0 atom stereocenters. The van der Waals surface area contributed by atoms with Gasteiger partial charge in [-0.05, 0) is 12.1 Å². The van der Waals surface area contributed by atoms with E-state index in [4.69, 9.17) is 0 Å². The minimum atomic E-state index is -4.00. The maximum absolute atomic E-state index is 12.8. The molecule has 10 heteroatoms. The van der Waals surface area contributed by atoms with E-state index in [2.05, 4.69) is 20.2 Å². The van der Waals surface area contributed by atoms with E-state index in [0.29, 0.717) is 9.65 Å². The number of hydrogen-bond acceptors (Lipinski definition) is 6. The third-order valence-electron chi connectivity index (χ3n) is 2.65. The van der Waals surface area contributed by atoms with E-state index in [1.165, 1.54) is 6.20 Å². The molecule has 3 aromatic heterocycles. The molecule has 0 spiro atoms. The average molecular weight is 308 g/mol. The fourth-order valence-corrected chi connectivity index (χ4v) is 2.62. The Bertz CT molecular complexity index is 884. The summed E-state index contributed by atoms with van der Waals surface area (Å²) in [6.45, 7) is 0. The van der Waals surface area contributed by atoms with Crippen LogP contribution in [-0.4, -0.2) is 37.4 Å². The normalized spacial score (nSPS) is 11.7.